The molecule has 0 amide bonds. The van der Waals surface area contributed by atoms with Crippen LogP contribution in [0.15, 0.2) is 24.3 Å². The zero-order valence-electron chi connectivity index (χ0n) is 9.14. The molecule has 2 unspecified atom stereocenters. The number of sulfone groups is 1. The summed E-state index contributed by atoms with van der Waals surface area (Å²) in [6.45, 7) is 0.455. The van der Waals surface area contributed by atoms with Crippen molar-refractivity contribution in [1.29, 1.82) is 0 Å². The van der Waals surface area contributed by atoms with Crippen LogP contribution < -0.4 is 5.32 Å². The van der Waals surface area contributed by atoms with Crippen LogP contribution in [0, 0.1) is 0 Å². The number of aliphatic hydroxyl groups excluding tert-OH is 1. The molecule has 2 atom stereocenters. The van der Waals surface area contributed by atoms with Gasteiger partial charge in [-0.1, -0.05) is 29.8 Å². The molecule has 2 rings (SSSR count). The van der Waals surface area contributed by atoms with Gasteiger partial charge in [0.05, 0.1) is 17.6 Å². The minimum absolute atomic E-state index is 0.0153. The Kier molecular flexibility index (Phi) is 3.73. The van der Waals surface area contributed by atoms with Crippen molar-refractivity contribution in [2.45, 2.75) is 18.7 Å². The van der Waals surface area contributed by atoms with Gasteiger partial charge in [-0.05, 0) is 11.6 Å². The van der Waals surface area contributed by atoms with Crippen LogP contribution in [-0.4, -0.2) is 37.2 Å². The summed E-state index contributed by atoms with van der Waals surface area (Å²) in [7, 11) is -3.10. The van der Waals surface area contributed by atoms with E-state index in [1.54, 1.807) is 6.07 Å². The van der Waals surface area contributed by atoms with Crippen molar-refractivity contribution in [2.75, 3.05) is 11.5 Å². The van der Waals surface area contributed by atoms with Crippen molar-refractivity contribution in [3.63, 3.8) is 0 Å². The van der Waals surface area contributed by atoms with E-state index >= 15 is 0 Å². The maximum atomic E-state index is 11.3. The van der Waals surface area contributed by atoms with Gasteiger partial charge in [-0.25, -0.2) is 8.42 Å². The summed E-state index contributed by atoms with van der Waals surface area (Å²) in [5.41, 5.74) is 0.894. The van der Waals surface area contributed by atoms with E-state index in [2.05, 4.69) is 5.32 Å². The highest BCUT2D eigenvalue weighted by molar-refractivity contribution is 7.91. The number of rotatable bonds is 3. The first-order chi connectivity index (χ1) is 7.98. The van der Waals surface area contributed by atoms with Gasteiger partial charge in [-0.2, -0.15) is 0 Å². The summed E-state index contributed by atoms with van der Waals surface area (Å²) in [6, 6.07) is 6.94. The predicted octanol–water partition coefficient (Wildman–Crippen LogP) is 0.587. The maximum Gasteiger partial charge on any atom is 0.154 e. The summed E-state index contributed by atoms with van der Waals surface area (Å²) in [5.74, 6) is -0.175. The van der Waals surface area contributed by atoms with Crippen molar-refractivity contribution < 1.29 is 13.5 Å². The number of hydrogen-bond acceptors (Lipinski definition) is 4. The minimum Gasteiger partial charge on any atom is -0.390 e. The molecule has 17 heavy (non-hydrogen) atoms. The van der Waals surface area contributed by atoms with E-state index in [1.165, 1.54) is 0 Å². The Hall–Kier alpha value is -0.620. The third kappa shape index (κ3) is 3.19. The Morgan fingerprint density at radius 2 is 2.06 bits per heavy atom. The topological polar surface area (TPSA) is 66.4 Å². The first kappa shape index (κ1) is 12.8. The number of nitrogens with one attached hydrogen (secondary N) is 1. The first-order valence-corrected chi connectivity index (χ1v) is 7.53. The molecule has 1 heterocycles. The fraction of sp³-hybridized carbons (Fsp3) is 0.455. The molecule has 0 radical (unpaired) electrons. The van der Waals surface area contributed by atoms with Gasteiger partial charge in [0.2, 0.25) is 0 Å². The Morgan fingerprint density at radius 3 is 2.65 bits per heavy atom. The second kappa shape index (κ2) is 4.94. The van der Waals surface area contributed by atoms with E-state index in [0.29, 0.717) is 11.6 Å². The van der Waals surface area contributed by atoms with Crippen molar-refractivity contribution in [1.82, 2.24) is 5.32 Å². The van der Waals surface area contributed by atoms with Crippen molar-refractivity contribution in [2.24, 2.45) is 0 Å². The molecule has 94 valence electrons. The zero-order chi connectivity index (χ0) is 12.5. The summed E-state index contributed by atoms with van der Waals surface area (Å²) in [4.78, 5) is 0. The van der Waals surface area contributed by atoms with Gasteiger partial charge in [0, 0.05) is 17.6 Å². The lowest BCUT2D eigenvalue weighted by molar-refractivity contribution is 0.165. The third-order valence-corrected chi connectivity index (χ3v) is 4.92. The van der Waals surface area contributed by atoms with Gasteiger partial charge < -0.3 is 10.4 Å². The molecule has 4 nitrogen and oxygen atoms in total. The minimum atomic E-state index is -3.10. The summed E-state index contributed by atoms with van der Waals surface area (Å²) >= 11 is 5.98. The molecule has 2 N–H and O–H groups in total. The largest absolute Gasteiger partial charge is 0.390 e. The highest BCUT2D eigenvalue weighted by Crippen LogP contribution is 2.17. The highest BCUT2D eigenvalue weighted by Gasteiger charge is 2.35. The molecular weight excluding hydrogens is 262 g/mol. The summed E-state index contributed by atoms with van der Waals surface area (Å²) in [6.07, 6.45) is -0.831. The van der Waals surface area contributed by atoms with Gasteiger partial charge in [0.25, 0.3) is 0 Å². The van der Waals surface area contributed by atoms with Crippen molar-refractivity contribution in [3.05, 3.63) is 34.9 Å². The van der Waals surface area contributed by atoms with E-state index in [1.807, 2.05) is 18.2 Å². The molecule has 1 aliphatic heterocycles. The average molecular weight is 276 g/mol. The van der Waals surface area contributed by atoms with Crippen LogP contribution >= 0.6 is 11.6 Å². The van der Waals surface area contributed by atoms with E-state index < -0.39 is 22.0 Å². The number of aliphatic hydroxyl groups is 1. The van der Waals surface area contributed by atoms with E-state index in [0.717, 1.165) is 5.56 Å². The normalized spacial score (nSPS) is 27.2. The first-order valence-electron chi connectivity index (χ1n) is 5.33. The lowest BCUT2D eigenvalue weighted by Gasteiger charge is -2.15. The molecule has 0 bridgehead atoms. The van der Waals surface area contributed by atoms with Crippen LogP contribution in [0.3, 0.4) is 0 Å². The van der Waals surface area contributed by atoms with Gasteiger partial charge in [0.1, 0.15) is 0 Å². The van der Waals surface area contributed by atoms with Crippen molar-refractivity contribution >= 4 is 21.4 Å². The maximum absolute atomic E-state index is 11.3. The van der Waals surface area contributed by atoms with Gasteiger partial charge >= 0.3 is 0 Å². The van der Waals surface area contributed by atoms with Crippen LogP contribution in [0.25, 0.3) is 0 Å². The molecular formula is C11H14ClNO3S. The summed E-state index contributed by atoms with van der Waals surface area (Å²) < 4.78 is 22.6. The Labute approximate surface area is 106 Å². The quantitative estimate of drug-likeness (QED) is 0.847. The third-order valence-electron chi connectivity index (χ3n) is 2.84. The molecule has 1 aromatic rings. The number of benzene rings is 1. The van der Waals surface area contributed by atoms with Gasteiger partial charge in [0.15, 0.2) is 9.84 Å². The lowest BCUT2D eigenvalue weighted by atomic mass is 10.2. The lowest BCUT2D eigenvalue weighted by Crippen LogP contribution is -2.38. The van der Waals surface area contributed by atoms with Crippen LogP contribution in [0.5, 0.6) is 0 Å². The van der Waals surface area contributed by atoms with Gasteiger partial charge in [-0.3, -0.25) is 0 Å². The van der Waals surface area contributed by atoms with Crippen LogP contribution in [0.2, 0.25) is 5.02 Å². The molecule has 6 heteroatoms. The number of halogens is 1. The monoisotopic (exact) mass is 275 g/mol. The van der Waals surface area contributed by atoms with Crippen molar-refractivity contribution in [3.8, 4) is 0 Å². The fourth-order valence-electron chi connectivity index (χ4n) is 1.91. The Morgan fingerprint density at radius 1 is 1.35 bits per heavy atom. The molecule has 0 saturated carbocycles. The molecule has 0 aromatic heterocycles. The molecule has 1 saturated heterocycles. The van der Waals surface area contributed by atoms with E-state index in [9.17, 15) is 13.5 Å². The smallest absolute Gasteiger partial charge is 0.154 e. The average Bonchev–Trinajstić information content (AvgIpc) is 2.51. The molecule has 1 fully saturated rings. The molecule has 1 aliphatic rings. The molecule has 0 aliphatic carbocycles. The zero-order valence-corrected chi connectivity index (χ0v) is 10.7. The van der Waals surface area contributed by atoms with Crippen LogP contribution in [0.4, 0.5) is 0 Å². The van der Waals surface area contributed by atoms with Gasteiger partial charge in [-0.15, -0.1) is 0 Å². The standard InChI is InChI=1S/C11H14ClNO3S/c12-9-4-2-1-3-8(9)5-13-10-6-17(15,16)7-11(10)14/h1-4,10-11,13-14H,5-7H2. The SMILES string of the molecule is O=S1(=O)CC(O)C(NCc2ccccc2Cl)C1. The van der Waals surface area contributed by atoms with E-state index in [-0.39, 0.29) is 11.5 Å². The number of hydrogen-bond donors (Lipinski definition) is 2. The summed E-state index contributed by atoms with van der Waals surface area (Å²) in [5, 5.41) is 13.3. The molecule has 0 spiro atoms. The Balaban J connectivity index is 1.98. The fourth-order valence-corrected chi connectivity index (χ4v) is 3.89. The second-order valence-corrected chi connectivity index (χ2v) is 6.78. The Bertz CT molecular complexity index is 503. The van der Waals surface area contributed by atoms with Crippen LogP contribution in [-0.2, 0) is 16.4 Å². The highest BCUT2D eigenvalue weighted by atomic mass is 35.5. The van der Waals surface area contributed by atoms with E-state index in [4.69, 9.17) is 11.6 Å². The second-order valence-electron chi connectivity index (χ2n) is 4.22. The van der Waals surface area contributed by atoms with Crippen LogP contribution in [0.1, 0.15) is 5.56 Å². The predicted molar refractivity (Wildman–Crippen MR) is 66.7 cm³/mol. The molecule has 1 aromatic carbocycles.